The van der Waals surface area contributed by atoms with Gasteiger partial charge >= 0.3 is 0 Å². The van der Waals surface area contributed by atoms with Crippen LogP contribution in [0.25, 0.3) is 0 Å². The molecule has 7 heteroatoms. The summed E-state index contributed by atoms with van der Waals surface area (Å²) in [5, 5.41) is 0. The van der Waals surface area contributed by atoms with Gasteiger partial charge in [-0.25, -0.2) is 12.6 Å². The lowest BCUT2D eigenvalue weighted by Gasteiger charge is -2.02. The Kier molecular flexibility index (Phi) is 3.25. The molecule has 1 atom stereocenters. The number of hydrogen-bond donors (Lipinski definition) is 2. The molecule has 1 aromatic carbocycles. The highest BCUT2D eigenvalue weighted by Crippen LogP contribution is 2.15. The third kappa shape index (κ3) is 3.09. The Labute approximate surface area is 84.5 Å². The van der Waals surface area contributed by atoms with E-state index in [1.165, 1.54) is 24.3 Å². The van der Waals surface area contributed by atoms with E-state index in [0.717, 1.165) is 6.26 Å². The molecule has 0 amide bonds. The van der Waals surface area contributed by atoms with Crippen molar-refractivity contribution in [1.29, 1.82) is 0 Å². The molecule has 0 radical (unpaired) electrons. The molecule has 0 aromatic heterocycles. The maximum Gasteiger partial charge on any atom is 0.259 e. The smallest absolute Gasteiger partial charge is 0.259 e. The second-order valence-corrected chi connectivity index (χ2v) is 5.37. The summed E-state index contributed by atoms with van der Waals surface area (Å²) in [6, 6.07) is 5.71. The van der Waals surface area contributed by atoms with Crippen LogP contribution in [0.3, 0.4) is 0 Å². The van der Waals surface area contributed by atoms with E-state index >= 15 is 0 Å². The van der Waals surface area contributed by atoms with Crippen molar-refractivity contribution in [1.82, 2.24) is 0 Å². The zero-order chi connectivity index (χ0) is 10.8. The lowest BCUT2D eigenvalue weighted by Crippen LogP contribution is -2.03. The molecule has 0 fully saturated rings. The van der Waals surface area contributed by atoms with Gasteiger partial charge in [0.05, 0.1) is 4.90 Å². The monoisotopic (exact) mass is 235 g/mol. The van der Waals surface area contributed by atoms with Gasteiger partial charge in [0.25, 0.3) is 11.3 Å². The molecule has 1 rings (SSSR count). The van der Waals surface area contributed by atoms with Crippen molar-refractivity contribution in [2.24, 2.45) is 0 Å². The molecule has 0 spiro atoms. The van der Waals surface area contributed by atoms with Gasteiger partial charge in [-0.1, -0.05) is 6.07 Å². The Bertz CT molecular complexity index is 455. The van der Waals surface area contributed by atoms with Gasteiger partial charge in [0.1, 0.15) is 0 Å². The third-order valence-corrected chi connectivity index (χ3v) is 2.99. The van der Waals surface area contributed by atoms with Crippen molar-refractivity contribution in [3.8, 4) is 0 Å². The van der Waals surface area contributed by atoms with Crippen LogP contribution >= 0.6 is 0 Å². The van der Waals surface area contributed by atoms with Crippen molar-refractivity contribution in [3.63, 3.8) is 0 Å². The van der Waals surface area contributed by atoms with Crippen molar-refractivity contribution >= 4 is 26.8 Å². The number of rotatable bonds is 3. The Balaban J connectivity index is 3.08. The van der Waals surface area contributed by atoms with E-state index in [0.29, 0.717) is 0 Å². The second kappa shape index (κ2) is 4.07. The molecular weight excluding hydrogens is 226 g/mol. The van der Waals surface area contributed by atoms with Crippen LogP contribution in [-0.4, -0.2) is 23.4 Å². The molecule has 0 aliphatic rings. The lowest BCUT2D eigenvalue weighted by molar-refractivity contribution is 0.570. The predicted octanol–water partition coefficient (Wildman–Crippen LogP) is 0.639. The Morgan fingerprint density at radius 2 is 2.07 bits per heavy atom. The van der Waals surface area contributed by atoms with Gasteiger partial charge in [-0.2, -0.15) is 0 Å². The minimum absolute atomic E-state index is 0.105. The maximum atomic E-state index is 11.1. The van der Waals surface area contributed by atoms with Crippen LogP contribution < -0.4 is 4.72 Å². The first-order valence-corrected chi connectivity index (χ1v) is 6.57. The van der Waals surface area contributed by atoms with Crippen LogP contribution in [0.4, 0.5) is 5.69 Å². The fourth-order valence-corrected chi connectivity index (χ4v) is 1.89. The number of nitrogens with one attached hydrogen (secondary N) is 1. The molecule has 0 aliphatic heterocycles. The maximum absolute atomic E-state index is 11.1. The summed E-state index contributed by atoms with van der Waals surface area (Å²) in [7, 11) is -3.28. The van der Waals surface area contributed by atoms with Crippen LogP contribution in [0, 0.1) is 0 Å². The molecule has 0 saturated carbocycles. The number of hydrogen-bond acceptors (Lipinski definition) is 3. The Hall–Kier alpha value is -0.920. The molecule has 14 heavy (non-hydrogen) atoms. The van der Waals surface area contributed by atoms with Crippen molar-refractivity contribution in [3.05, 3.63) is 24.3 Å². The molecule has 1 unspecified atom stereocenters. The summed E-state index contributed by atoms with van der Waals surface area (Å²) < 4.78 is 43.3. The average Bonchev–Trinajstić information content (AvgIpc) is 2.01. The Morgan fingerprint density at radius 3 is 2.57 bits per heavy atom. The summed E-state index contributed by atoms with van der Waals surface area (Å²) in [6.07, 6.45) is 1.07. The van der Waals surface area contributed by atoms with E-state index in [1.54, 1.807) is 0 Å². The van der Waals surface area contributed by atoms with E-state index in [9.17, 15) is 12.6 Å². The van der Waals surface area contributed by atoms with Crippen LogP contribution in [-0.2, 0) is 21.1 Å². The highest BCUT2D eigenvalue weighted by Gasteiger charge is 2.07. The summed E-state index contributed by atoms with van der Waals surface area (Å²) in [4.78, 5) is 0.105. The molecule has 0 saturated heterocycles. The minimum atomic E-state index is -3.28. The van der Waals surface area contributed by atoms with Crippen molar-refractivity contribution < 1.29 is 17.2 Å². The van der Waals surface area contributed by atoms with E-state index in [1.807, 2.05) is 0 Å². The van der Waals surface area contributed by atoms with E-state index < -0.39 is 21.1 Å². The van der Waals surface area contributed by atoms with Crippen LogP contribution in [0.1, 0.15) is 0 Å². The third-order valence-electron chi connectivity index (χ3n) is 1.47. The highest BCUT2D eigenvalue weighted by atomic mass is 32.2. The van der Waals surface area contributed by atoms with Gasteiger partial charge in [-0.15, -0.1) is 0 Å². The van der Waals surface area contributed by atoms with Gasteiger partial charge < -0.3 is 0 Å². The number of sulfone groups is 1. The SMILES string of the molecule is CS(=O)(=O)c1cccc(NS(=O)O)c1. The molecule has 78 valence electrons. The molecule has 0 heterocycles. The largest absolute Gasteiger partial charge is 0.289 e. The van der Waals surface area contributed by atoms with Crippen molar-refractivity contribution in [2.75, 3.05) is 11.0 Å². The summed E-state index contributed by atoms with van der Waals surface area (Å²) in [5.74, 6) is 0. The zero-order valence-electron chi connectivity index (χ0n) is 7.30. The van der Waals surface area contributed by atoms with Crippen LogP contribution in [0.5, 0.6) is 0 Å². The first-order chi connectivity index (χ1) is 6.39. The molecule has 1 aromatic rings. The van der Waals surface area contributed by atoms with Gasteiger partial charge in [-0.3, -0.25) is 9.27 Å². The molecule has 5 nitrogen and oxygen atoms in total. The summed E-state index contributed by atoms with van der Waals surface area (Å²) in [5.41, 5.74) is 0.286. The van der Waals surface area contributed by atoms with Gasteiger partial charge in [0, 0.05) is 11.9 Å². The van der Waals surface area contributed by atoms with E-state index in [4.69, 9.17) is 4.55 Å². The highest BCUT2D eigenvalue weighted by molar-refractivity contribution is 7.90. The summed E-state index contributed by atoms with van der Waals surface area (Å²) >= 11 is -2.20. The van der Waals surface area contributed by atoms with Crippen LogP contribution in [0.15, 0.2) is 29.2 Å². The average molecular weight is 235 g/mol. The van der Waals surface area contributed by atoms with E-state index in [2.05, 4.69) is 4.72 Å². The van der Waals surface area contributed by atoms with Gasteiger partial charge in [0.15, 0.2) is 9.84 Å². The normalized spacial score (nSPS) is 13.6. The second-order valence-electron chi connectivity index (χ2n) is 2.65. The molecule has 2 N–H and O–H groups in total. The fourth-order valence-electron chi connectivity index (χ4n) is 0.891. The van der Waals surface area contributed by atoms with Crippen molar-refractivity contribution in [2.45, 2.75) is 4.90 Å². The number of benzene rings is 1. The fraction of sp³-hybridized carbons (Fsp3) is 0.143. The van der Waals surface area contributed by atoms with Gasteiger partial charge in [0.2, 0.25) is 0 Å². The zero-order valence-corrected chi connectivity index (χ0v) is 8.93. The van der Waals surface area contributed by atoms with Crippen LogP contribution in [0.2, 0.25) is 0 Å². The first kappa shape index (κ1) is 11.2. The number of anilines is 1. The summed E-state index contributed by atoms with van der Waals surface area (Å²) in [6.45, 7) is 0. The predicted molar refractivity (Wildman–Crippen MR) is 53.9 cm³/mol. The first-order valence-electron chi connectivity index (χ1n) is 3.57. The standard InChI is InChI=1S/C7H9NO4S2/c1-14(11,12)7-4-2-3-6(5-7)8-13(9)10/h2-5,8H,1H3,(H,9,10). The van der Waals surface area contributed by atoms with Gasteiger partial charge in [-0.05, 0) is 18.2 Å². The Morgan fingerprint density at radius 1 is 1.43 bits per heavy atom. The molecular formula is C7H9NO4S2. The molecule has 0 aliphatic carbocycles. The minimum Gasteiger partial charge on any atom is -0.289 e. The quantitative estimate of drug-likeness (QED) is 0.753. The lowest BCUT2D eigenvalue weighted by atomic mass is 10.3. The molecule has 0 bridgehead atoms. The topological polar surface area (TPSA) is 83.5 Å². The van der Waals surface area contributed by atoms with E-state index in [-0.39, 0.29) is 10.6 Å².